The molecule has 0 spiro atoms. The maximum Gasteiger partial charge on any atom is 0.350 e. The van der Waals surface area contributed by atoms with Gasteiger partial charge in [-0.2, -0.15) is 0 Å². The Hall–Kier alpha value is -2.42. The summed E-state index contributed by atoms with van der Waals surface area (Å²) < 4.78 is 5.15. The highest BCUT2D eigenvalue weighted by Gasteiger charge is 2.25. The number of ether oxygens (including phenoxy) is 1. The van der Waals surface area contributed by atoms with Gasteiger partial charge in [-0.15, -0.1) is 11.3 Å². The second kappa shape index (κ2) is 10.1. The van der Waals surface area contributed by atoms with Crippen molar-refractivity contribution in [3.8, 4) is 10.4 Å². The molecule has 0 radical (unpaired) electrons. The van der Waals surface area contributed by atoms with Crippen LogP contribution in [0.5, 0.6) is 0 Å². The predicted molar refractivity (Wildman–Crippen MR) is 118 cm³/mol. The van der Waals surface area contributed by atoms with E-state index in [0.29, 0.717) is 41.5 Å². The van der Waals surface area contributed by atoms with Crippen LogP contribution in [-0.2, 0) is 14.3 Å². The number of carbonyl (C=O) groups excluding carboxylic acids is 3. The third-order valence-electron chi connectivity index (χ3n) is 4.95. The number of hydrogen-bond acceptors (Lipinski definition) is 6. The van der Waals surface area contributed by atoms with Gasteiger partial charge in [0, 0.05) is 15.8 Å². The van der Waals surface area contributed by atoms with E-state index in [9.17, 15) is 14.4 Å². The van der Waals surface area contributed by atoms with Gasteiger partial charge in [0.15, 0.2) is 0 Å². The van der Waals surface area contributed by atoms with Crippen molar-refractivity contribution in [2.24, 2.45) is 11.7 Å². The highest BCUT2D eigenvalue weighted by atomic mass is 35.5. The zero-order valence-corrected chi connectivity index (χ0v) is 18.2. The minimum atomic E-state index is -0.472. The molecule has 0 saturated carbocycles. The van der Waals surface area contributed by atoms with E-state index in [0.717, 1.165) is 10.4 Å². The quantitative estimate of drug-likeness (QED) is 0.631. The van der Waals surface area contributed by atoms with Crippen LogP contribution in [0.3, 0.4) is 0 Å². The van der Waals surface area contributed by atoms with Gasteiger partial charge < -0.3 is 15.8 Å². The van der Waals surface area contributed by atoms with E-state index >= 15 is 0 Å². The number of nitrogens with two attached hydrogens (primary N) is 1. The number of thiophene rings is 1. The van der Waals surface area contributed by atoms with Crippen LogP contribution in [0.15, 0.2) is 30.3 Å². The molecule has 3 rings (SSSR count). The van der Waals surface area contributed by atoms with Crippen molar-refractivity contribution in [1.82, 2.24) is 4.90 Å². The van der Waals surface area contributed by atoms with E-state index in [2.05, 4.69) is 5.32 Å². The van der Waals surface area contributed by atoms with Crippen LogP contribution in [0, 0.1) is 5.92 Å². The Kier molecular flexibility index (Phi) is 7.47. The standard InChI is InChI=1S/C21H24ClN3O4S/c1-2-29-21(28)19-16(11-17(30-19)13-3-5-15(22)6-4-13)24-18(26)12-25-9-7-14(8-10-25)20(23)27/h3-6,11,14H,2,7-10,12H2,1H3,(H2,23,27)(H,24,26). The van der Waals surface area contributed by atoms with Crippen molar-refractivity contribution >= 4 is 46.4 Å². The number of benzene rings is 1. The fraction of sp³-hybridized carbons (Fsp3) is 0.381. The van der Waals surface area contributed by atoms with Gasteiger partial charge in [0.1, 0.15) is 4.88 Å². The smallest absolute Gasteiger partial charge is 0.350 e. The summed E-state index contributed by atoms with van der Waals surface area (Å²) in [6, 6.07) is 9.04. The van der Waals surface area contributed by atoms with Crippen molar-refractivity contribution in [2.75, 3.05) is 31.6 Å². The fourth-order valence-corrected chi connectivity index (χ4v) is 4.50. The molecule has 3 N–H and O–H groups in total. The molecule has 7 nitrogen and oxygen atoms in total. The Morgan fingerprint density at radius 1 is 1.23 bits per heavy atom. The van der Waals surface area contributed by atoms with Crippen LogP contribution in [0.1, 0.15) is 29.4 Å². The normalized spacial score (nSPS) is 15.0. The van der Waals surface area contributed by atoms with Gasteiger partial charge in [0.25, 0.3) is 0 Å². The molecule has 2 aromatic rings. The number of primary amides is 1. The molecule has 0 unspecified atom stereocenters. The number of esters is 1. The summed E-state index contributed by atoms with van der Waals surface area (Å²) >= 11 is 7.22. The molecule has 30 heavy (non-hydrogen) atoms. The van der Waals surface area contributed by atoms with Gasteiger partial charge in [-0.3, -0.25) is 14.5 Å². The number of rotatable bonds is 7. The van der Waals surface area contributed by atoms with Gasteiger partial charge in [-0.05, 0) is 56.6 Å². The van der Waals surface area contributed by atoms with Crippen LogP contribution in [0.25, 0.3) is 10.4 Å². The third kappa shape index (κ3) is 5.59. The number of nitrogens with zero attached hydrogens (tertiary/aromatic N) is 1. The highest BCUT2D eigenvalue weighted by Crippen LogP contribution is 2.36. The summed E-state index contributed by atoms with van der Waals surface area (Å²) in [5.41, 5.74) is 6.68. The summed E-state index contributed by atoms with van der Waals surface area (Å²) in [7, 11) is 0. The number of nitrogens with one attached hydrogen (secondary N) is 1. The topological polar surface area (TPSA) is 102 Å². The Balaban J connectivity index is 1.72. The van der Waals surface area contributed by atoms with E-state index in [-0.39, 0.29) is 30.9 Å². The number of anilines is 1. The summed E-state index contributed by atoms with van der Waals surface area (Å²) in [4.78, 5) is 39.5. The Labute approximate surface area is 184 Å². The maximum atomic E-state index is 12.6. The number of piperidine rings is 1. The molecule has 1 aromatic carbocycles. The predicted octanol–water partition coefficient (Wildman–Crippen LogP) is 3.38. The molecule has 1 aromatic heterocycles. The van der Waals surface area contributed by atoms with Gasteiger partial charge in [0.2, 0.25) is 11.8 Å². The molecule has 1 fully saturated rings. The Morgan fingerprint density at radius 3 is 2.50 bits per heavy atom. The van der Waals surface area contributed by atoms with Crippen LogP contribution < -0.4 is 11.1 Å². The molecule has 1 aliphatic heterocycles. The van der Waals surface area contributed by atoms with Crippen molar-refractivity contribution in [1.29, 1.82) is 0 Å². The maximum absolute atomic E-state index is 12.6. The number of halogens is 1. The lowest BCUT2D eigenvalue weighted by Crippen LogP contribution is -2.42. The second-order valence-electron chi connectivity index (χ2n) is 7.08. The van der Waals surface area contributed by atoms with Crippen molar-refractivity contribution in [3.63, 3.8) is 0 Å². The zero-order chi connectivity index (χ0) is 21.7. The van der Waals surface area contributed by atoms with Crippen LogP contribution in [-0.4, -0.2) is 48.9 Å². The minimum absolute atomic E-state index is 0.126. The first-order chi connectivity index (χ1) is 14.4. The molecule has 2 heterocycles. The molecule has 1 aliphatic rings. The number of carbonyl (C=O) groups is 3. The molecule has 0 bridgehead atoms. The minimum Gasteiger partial charge on any atom is -0.462 e. The Morgan fingerprint density at radius 2 is 1.90 bits per heavy atom. The number of likely N-dealkylation sites (tertiary alicyclic amines) is 1. The van der Waals surface area contributed by atoms with Crippen molar-refractivity contribution < 1.29 is 19.1 Å². The zero-order valence-electron chi connectivity index (χ0n) is 16.7. The SMILES string of the molecule is CCOC(=O)c1sc(-c2ccc(Cl)cc2)cc1NC(=O)CN1CCC(C(N)=O)CC1. The van der Waals surface area contributed by atoms with Crippen molar-refractivity contribution in [3.05, 3.63) is 40.2 Å². The van der Waals surface area contributed by atoms with Crippen molar-refractivity contribution in [2.45, 2.75) is 19.8 Å². The summed E-state index contributed by atoms with van der Waals surface area (Å²) in [6.07, 6.45) is 1.30. The van der Waals surface area contributed by atoms with Gasteiger partial charge >= 0.3 is 5.97 Å². The third-order valence-corrected chi connectivity index (χ3v) is 6.37. The fourth-order valence-electron chi connectivity index (χ4n) is 3.36. The van der Waals surface area contributed by atoms with Crippen LogP contribution in [0.2, 0.25) is 5.02 Å². The molecular formula is C21H24ClN3O4S. The number of hydrogen-bond donors (Lipinski definition) is 2. The number of amides is 2. The largest absolute Gasteiger partial charge is 0.462 e. The first kappa shape index (κ1) is 22.3. The van der Waals surface area contributed by atoms with Gasteiger partial charge in [-0.25, -0.2) is 4.79 Å². The summed E-state index contributed by atoms with van der Waals surface area (Å²) in [5.74, 6) is -1.11. The molecule has 160 valence electrons. The first-order valence-electron chi connectivity index (χ1n) is 9.75. The molecule has 2 amide bonds. The first-order valence-corrected chi connectivity index (χ1v) is 10.9. The van der Waals surface area contributed by atoms with Gasteiger partial charge in [0.05, 0.1) is 18.8 Å². The second-order valence-corrected chi connectivity index (χ2v) is 8.57. The molecule has 0 aliphatic carbocycles. The van der Waals surface area contributed by atoms with E-state index in [1.807, 2.05) is 17.0 Å². The van der Waals surface area contributed by atoms with E-state index in [1.165, 1.54) is 11.3 Å². The molecule has 9 heteroatoms. The lowest BCUT2D eigenvalue weighted by Gasteiger charge is -2.29. The van der Waals surface area contributed by atoms with E-state index in [1.54, 1.807) is 25.1 Å². The van der Waals surface area contributed by atoms with Crippen LogP contribution in [0.4, 0.5) is 5.69 Å². The lowest BCUT2D eigenvalue weighted by atomic mass is 9.96. The molecule has 1 saturated heterocycles. The monoisotopic (exact) mass is 449 g/mol. The average Bonchev–Trinajstić information content (AvgIpc) is 3.12. The molecular weight excluding hydrogens is 426 g/mol. The lowest BCUT2D eigenvalue weighted by molar-refractivity contribution is -0.123. The average molecular weight is 450 g/mol. The van der Waals surface area contributed by atoms with Gasteiger partial charge in [-0.1, -0.05) is 23.7 Å². The Bertz CT molecular complexity index is 921. The van der Waals surface area contributed by atoms with Crippen LogP contribution >= 0.6 is 22.9 Å². The highest BCUT2D eigenvalue weighted by molar-refractivity contribution is 7.18. The van der Waals surface area contributed by atoms with E-state index < -0.39 is 5.97 Å². The molecule has 0 atom stereocenters. The summed E-state index contributed by atoms with van der Waals surface area (Å²) in [6.45, 7) is 3.42. The summed E-state index contributed by atoms with van der Waals surface area (Å²) in [5, 5.41) is 3.46. The van der Waals surface area contributed by atoms with E-state index in [4.69, 9.17) is 22.1 Å².